The molecule has 10 heteroatoms. The maximum Gasteiger partial charge on any atom is 0.308 e. The quantitative estimate of drug-likeness (QED) is 0.292. The van der Waals surface area contributed by atoms with E-state index in [1.165, 1.54) is 6.33 Å². The van der Waals surface area contributed by atoms with Gasteiger partial charge in [-0.1, -0.05) is 36.4 Å². The molecule has 2 atom stereocenters. The van der Waals surface area contributed by atoms with E-state index in [-0.39, 0.29) is 24.9 Å². The van der Waals surface area contributed by atoms with Crippen LogP contribution in [0.4, 0.5) is 11.5 Å². The topological polar surface area (TPSA) is 118 Å². The summed E-state index contributed by atoms with van der Waals surface area (Å²) in [6.07, 6.45) is 4.04. The van der Waals surface area contributed by atoms with Crippen LogP contribution in [0.1, 0.15) is 24.0 Å². The summed E-state index contributed by atoms with van der Waals surface area (Å²) in [7, 11) is 1.62. The van der Waals surface area contributed by atoms with Gasteiger partial charge in [-0.3, -0.25) is 14.5 Å². The molecule has 0 saturated carbocycles. The molecule has 202 valence electrons. The normalized spacial score (nSPS) is 17.6. The third-order valence-electron chi connectivity index (χ3n) is 7.09. The lowest BCUT2D eigenvalue weighted by molar-refractivity contribution is -0.151. The van der Waals surface area contributed by atoms with Gasteiger partial charge in [0.15, 0.2) is 5.82 Å². The van der Waals surface area contributed by atoms with Crippen LogP contribution in [-0.2, 0) is 27.5 Å². The summed E-state index contributed by atoms with van der Waals surface area (Å²) >= 11 is 0. The van der Waals surface area contributed by atoms with Crippen molar-refractivity contribution in [3.63, 3.8) is 0 Å². The molecular weight excluding hydrogens is 498 g/mol. The van der Waals surface area contributed by atoms with Crippen LogP contribution in [0.15, 0.2) is 73.2 Å². The zero-order chi connectivity index (χ0) is 27.2. The Morgan fingerprint density at radius 1 is 1.13 bits per heavy atom. The van der Waals surface area contributed by atoms with E-state index in [9.17, 15) is 14.7 Å². The van der Waals surface area contributed by atoms with E-state index in [0.29, 0.717) is 31.9 Å². The van der Waals surface area contributed by atoms with Crippen molar-refractivity contribution in [2.45, 2.75) is 26.0 Å². The molecule has 10 nitrogen and oxygen atoms in total. The molecule has 2 N–H and O–H groups in total. The van der Waals surface area contributed by atoms with Crippen molar-refractivity contribution < 1.29 is 24.2 Å². The monoisotopic (exact) mass is 529 g/mol. The van der Waals surface area contributed by atoms with Gasteiger partial charge in [-0.05, 0) is 48.2 Å². The van der Waals surface area contributed by atoms with Gasteiger partial charge in [0, 0.05) is 37.5 Å². The molecule has 4 aromatic rings. The number of nitrogens with one attached hydrogen (secondary N) is 1. The molecule has 0 radical (unpaired) electrons. The molecule has 2 aromatic carbocycles. The molecule has 0 bridgehead atoms. The molecule has 1 aliphatic heterocycles. The Labute approximate surface area is 226 Å². The second-order valence-electron chi connectivity index (χ2n) is 9.68. The fourth-order valence-corrected chi connectivity index (χ4v) is 5.06. The van der Waals surface area contributed by atoms with Crippen LogP contribution in [0.5, 0.6) is 5.75 Å². The number of hydrogen-bond acceptors (Lipinski definition) is 8. The van der Waals surface area contributed by atoms with Gasteiger partial charge in [-0.25, -0.2) is 9.50 Å². The summed E-state index contributed by atoms with van der Waals surface area (Å²) in [6, 6.07) is 19.0. The van der Waals surface area contributed by atoms with E-state index in [1.54, 1.807) is 11.6 Å². The predicted molar refractivity (Wildman–Crippen MR) is 145 cm³/mol. The van der Waals surface area contributed by atoms with E-state index in [0.717, 1.165) is 28.1 Å². The molecule has 1 fully saturated rings. The van der Waals surface area contributed by atoms with E-state index >= 15 is 0 Å². The maximum absolute atomic E-state index is 12.5. The zero-order valence-corrected chi connectivity index (χ0v) is 21.7. The number of piperidine rings is 1. The number of likely N-dealkylation sites (tertiary alicyclic amines) is 1. The number of aromatic nitrogens is 3. The summed E-state index contributed by atoms with van der Waals surface area (Å²) in [5, 5.41) is 17.7. The van der Waals surface area contributed by atoms with Gasteiger partial charge in [0.2, 0.25) is 0 Å². The Balaban J connectivity index is 1.25. The lowest BCUT2D eigenvalue weighted by Crippen LogP contribution is -2.44. The van der Waals surface area contributed by atoms with Crippen molar-refractivity contribution in [1.29, 1.82) is 0 Å². The number of nitrogens with zero attached hydrogens (tertiary/aromatic N) is 4. The van der Waals surface area contributed by atoms with Crippen LogP contribution < -0.4 is 10.1 Å². The predicted octanol–water partition coefficient (Wildman–Crippen LogP) is 4.14. The van der Waals surface area contributed by atoms with Gasteiger partial charge in [0.25, 0.3) is 0 Å². The fourth-order valence-electron chi connectivity index (χ4n) is 5.06. The fraction of sp³-hybridized carbons (Fsp3) is 0.310. The van der Waals surface area contributed by atoms with Crippen molar-refractivity contribution in [3.8, 4) is 5.75 Å². The molecule has 0 aliphatic carbocycles. The first-order valence-electron chi connectivity index (χ1n) is 12.9. The lowest BCUT2D eigenvalue weighted by atomic mass is 9.83. The number of ether oxygens (including phenoxy) is 2. The second-order valence-corrected chi connectivity index (χ2v) is 9.68. The molecule has 0 unspecified atom stereocenters. The van der Waals surface area contributed by atoms with E-state index in [2.05, 4.69) is 20.3 Å². The third kappa shape index (κ3) is 6.35. The first-order valence-corrected chi connectivity index (χ1v) is 12.9. The highest BCUT2D eigenvalue weighted by Gasteiger charge is 2.36. The van der Waals surface area contributed by atoms with Crippen molar-refractivity contribution in [1.82, 2.24) is 19.5 Å². The summed E-state index contributed by atoms with van der Waals surface area (Å²) in [4.78, 5) is 31.3. The van der Waals surface area contributed by atoms with Crippen LogP contribution in [0.25, 0.3) is 5.52 Å². The summed E-state index contributed by atoms with van der Waals surface area (Å²) in [5.74, 6) is -0.835. The largest absolute Gasteiger partial charge is 0.497 e. The van der Waals surface area contributed by atoms with Gasteiger partial charge in [-0.15, -0.1) is 0 Å². The van der Waals surface area contributed by atoms with Crippen molar-refractivity contribution in [2.75, 3.05) is 25.5 Å². The first-order chi connectivity index (χ1) is 19.0. The van der Waals surface area contributed by atoms with Crippen LogP contribution in [-0.4, -0.2) is 56.7 Å². The number of methoxy groups -OCH3 is 1. The van der Waals surface area contributed by atoms with E-state index < -0.39 is 11.9 Å². The number of carbonyl (C=O) groups is 2. The number of carboxylic acids is 1. The van der Waals surface area contributed by atoms with Crippen LogP contribution in [0.2, 0.25) is 0 Å². The van der Waals surface area contributed by atoms with Crippen LogP contribution in [0.3, 0.4) is 0 Å². The molecular formula is C29H31N5O5. The highest BCUT2D eigenvalue weighted by Crippen LogP contribution is 2.31. The molecule has 1 aliphatic rings. The Morgan fingerprint density at radius 3 is 2.77 bits per heavy atom. The average molecular weight is 530 g/mol. The average Bonchev–Trinajstić information content (AvgIpc) is 3.37. The summed E-state index contributed by atoms with van der Waals surface area (Å²) in [5.41, 5.74) is 3.53. The van der Waals surface area contributed by atoms with Crippen molar-refractivity contribution in [2.24, 2.45) is 11.8 Å². The maximum atomic E-state index is 12.5. The van der Waals surface area contributed by atoms with Crippen LogP contribution >= 0.6 is 0 Å². The number of fused-ring (bicyclic) bond motifs is 1. The van der Waals surface area contributed by atoms with Gasteiger partial charge < -0.3 is 19.9 Å². The number of rotatable bonds is 10. The highest BCUT2D eigenvalue weighted by atomic mass is 16.5. The molecule has 0 amide bonds. The molecule has 39 heavy (non-hydrogen) atoms. The number of carbonyl (C=O) groups excluding carboxylic acids is 1. The number of hydrogen-bond donors (Lipinski definition) is 2. The molecule has 5 rings (SSSR count). The van der Waals surface area contributed by atoms with Gasteiger partial charge >= 0.3 is 11.9 Å². The number of carboxylic acid groups (broad SMARTS) is 1. The lowest BCUT2D eigenvalue weighted by Gasteiger charge is -2.36. The van der Waals surface area contributed by atoms with Crippen molar-refractivity contribution >= 4 is 29.0 Å². The summed E-state index contributed by atoms with van der Waals surface area (Å²) < 4.78 is 12.5. The standard InChI is InChI=1S/C29H31N5O5/c1-38-24-9-5-8-23(15-24)32-28-27-22(11-13-34(27)31-19-30-28)16-33-12-10-21(25(17-33)29(36)37)14-26(35)39-18-20-6-3-2-4-7-20/h2-9,11,13,15,19,21,25H,10,12,14,16-18H2,1H3,(H,36,37)(H,30,31,32)/t21-,25-/m0/s1. The number of aliphatic carboxylic acids is 1. The first kappa shape index (κ1) is 26.2. The highest BCUT2D eigenvalue weighted by molar-refractivity contribution is 5.77. The minimum Gasteiger partial charge on any atom is -0.497 e. The molecule has 3 heterocycles. The van der Waals surface area contributed by atoms with Gasteiger partial charge in [0.1, 0.15) is 24.2 Å². The second kappa shape index (κ2) is 12.0. The van der Waals surface area contributed by atoms with Crippen LogP contribution in [0, 0.1) is 11.8 Å². The smallest absolute Gasteiger partial charge is 0.308 e. The Hall–Kier alpha value is -4.44. The summed E-state index contributed by atoms with van der Waals surface area (Å²) in [6.45, 7) is 1.73. The number of benzene rings is 2. The number of esters is 1. The van der Waals surface area contributed by atoms with Crippen molar-refractivity contribution in [3.05, 3.63) is 84.3 Å². The minimum absolute atomic E-state index is 0.0925. The molecule has 1 saturated heterocycles. The Morgan fingerprint density at radius 2 is 1.97 bits per heavy atom. The van der Waals surface area contributed by atoms with E-state index in [1.807, 2.05) is 66.9 Å². The SMILES string of the molecule is COc1cccc(Nc2ncnn3ccc(CN4CC[C@@H](CC(=O)OCc5ccccc5)[C@@H](C(=O)O)C4)c23)c1. The Kier molecular flexibility index (Phi) is 8.02. The third-order valence-corrected chi connectivity index (χ3v) is 7.09. The Bertz CT molecular complexity index is 1440. The van der Waals surface area contributed by atoms with Gasteiger partial charge in [-0.2, -0.15) is 5.10 Å². The zero-order valence-electron chi connectivity index (χ0n) is 21.7. The minimum atomic E-state index is -0.897. The molecule has 0 spiro atoms. The molecule has 2 aromatic heterocycles. The van der Waals surface area contributed by atoms with E-state index in [4.69, 9.17) is 9.47 Å². The number of anilines is 2. The van der Waals surface area contributed by atoms with Gasteiger partial charge in [0.05, 0.1) is 13.0 Å².